The van der Waals surface area contributed by atoms with Crippen LogP contribution in [0.2, 0.25) is 0 Å². The highest BCUT2D eigenvalue weighted by Gasteiger charge is 2.10. The van der Waals surface area contributed by atoms with Gasteiger partial charge in [-0.3, -0.25) is 4.79 Å². The second-order valence-corrected chi connectivity index (χ2v) is 4.05. The van der Waals surface area contributed by atoms with Crippen molar-refractivity contribution in [2.24, 2.45) is 0 Å². The first-order valence-corrected chi connectivity index (χ1v) is 5.69. The van der Waals surface area contributed by atoms with Gasteiger partial charge in [0.15, 0.2) is 10.4 Å². The van der Waals surface area contributed by atoms with Crippen molar-refractivity contribution in [1.29, 1.82) is 0 Å². The molecule has 0 aliphatic rings. The van der Waals surface area contributed by atoms with E-state index in [0.29, 0.717) is 17.0 Å². The minimum Gasteiger partial charge on any atom is -0.444 e. The molecule has 2 N–H and O–H groups in total. The molecule has 0 unspecified atom stereocenters. The van der Waals surface area contributed by atoms with E-state index < -0.39 is 0 Å². The fraction of sp³-hybridized carbons (Fsp3) is 0.500. The molecule has 0 saturated carbocycles. The van der Waals surface area contributed by atoms with Crippen LogP contribution in [0.1, 0.15) is 24.4 Å². The van der Waals surface area contributed by atoms with Crippen LogP contribution in [0.15, 0.2) is 21.2 Å². The molecular weight excluding hydrogens is 295 g/mol. The number of hydrogen-bond donors (Lipinski definition) is 2. The number of carbonyl (C=O) groups is 1. The Hall–Kier alpha value is -0.520. The number of carbonyl (C=O) groups excluding carboxylic acids is 1. The lowest BCUT2D eigenvalue weighted by atomic mass is 10.3. The Balaban J connectivity index is 0.00000225. The number of halogens is 2. The Kier molecular flexibility index (Phi) is 7.45. The average molecular weight is 312 g/mol. The van der Waals surface area contributed by atoms with Gasteiger partial charge >= 0.3 is 0 Å². The fourth-order valence-electron chi connectivity index (χ4n) is 1.19. The molecule has 0 aliphatic heterocycles. The predicted molar refractivity (Wildman–Crippen MR) is 69.1 cm³/mol. The van der Waals surface area contributed by atoms with Crippen molar-refractivity contribution in [2.45, 2.75) is 19.9 Å². The zero-order valence-corrected chi connectivity index (χ0v) is 11.7. The van der Waals surface area contributed by atoms with E-state index >= 15 is 0 Å². The molecule has 0 saturated heterocycles. The van der Waals surface area contributed by atoms with E-state index in [9.17, 15) is 4.79 Å². The van der Waals surface area contributed by atoms with Crippen molar-refractivity contribution >= 4 is 34.2 Å². The van der Waals surface area contributed by atoms with E-state index in [1.54, 1.807) is 12.1 Å². The van der Waals surface area contributed by atoms with E-state index in [4.69, 9.17) is 4.42 Å². The zero-order chi connectivity index (χ0) is 11.3. The number of hydrogen-bond acceptors (Lipinski definition) is 3. The van der Waals surface area contributed by atoms with Gasteiger partial charge in [0.05, 0.1) is 0 Å². The molecule has 6 heteroatoms. The highest BCUT2D eigenvalue weighted by atomic mass is 79.9. The summed E-state index contributed by atoms with van der Waals surface area (Å²) in [7, 11) is 0. The third-order valence-corrected chi connectivity index (χ3v) is 2.34. The van der Waals surface area contributed by atoms with Crippen LogP contribution in [-0.4, -0.2) is 25.0 Å². The molecule has 4 nitrogen and oxygen atoms in total. The van der Waals surface area contributed by atoms with Crippen LogP contribution in [0.3, 0.4) is 0 Å². The summed E-state index contributed by atoms with van der Waals surface area (Å²) in [4.78, 5) is 11.5. The van der Waals surface area contributed by atoms with E-state index in [-0.39, 0.29) is 24.4 Å². The summed E-state index contributed by atoms with van der Waals surface area (Å²) >= 11 is 3.15. The minimum absolute atomic E-state index is 0. The molecule has 92 valence electrons. The van der Waals surface area contributed by atoms with Gasteiger partial charge in [-0.1, -0.05) is 6.92 Å². The molecule has 1 amide bonds. The number of rotatable bonds is 5. The summed E-state index contributed by atoms with van der Waals surface area (Å²) < 4.78 is 5.68. The van der Waals surface area contributed by atoms with Gasteiger partial charge in [0.25, 0.3) is 5.91 Å². The number of furan rings is 1. The monoisotopic (exact) mass is 310 g/mol. The largest absolute Gasteiger partial charge is 0.444 e. The van der Waals surface area contributed by atoms with Gasteiger partial charge in [-0.2, -0.15) is 0 Å². The quantitative estimate of drug-likeness (QED) is 0.876. The highest BCUT2D eigenvalue weighted by molar-refractivity contribution is 9.10. The Morgan fingerprint density at radius 3 is 2.75 bits per heavy atom. The first-order valence-electron chi connectivity index (χ1n) is 4.90. The van der Waals surface area contributed by atoms with Crippen LogP contribution in [0.5, 0.6) is 0 Å². The van der Waals surface area contributed by atoms with Crippen molar-refractivity contribution in [3.63, 3.8) is 0 Å². The van der Waals surface area contributed by atoms with Crippen LogP contribution >= 0.6 is 28.3 Å². The maximum absolute atomic E-state index is 11.5. The van der Waals surface area contributed by atoms with Gasteiger partial charge in [0.1, 0.15) is 0 Å². The summed E-state index contributed by atoms with van der Waals surface area (Å²) in [5, 5.41) is 5.98. The normalized spacial score (nSPS) is 11.7. The third kappa shape index (κ3) is 5.01. The molecule has 1 aromatic rings. The van der Waals surface area contributed by atoms with Crippen LogP contribution < -0.4 is 10.6 Å². The van der Waals surface area contributed by atoms with Crippen molar-refractivity contribution in [1.82, 2.24) is 10.6 Å². The molecule has 0 spiro atoms. The molecule has 0 bridgehead atoms. The van der Waals surface area contributed by atoms with Crippen molar-refractivity contribution in [3.8, 4) is 0 Å². The van der Waals surface area contributed by atoms with Gasteiger partial charge in [-0.05, 0) is 41.5 Å². The van der Waals surface area contributed by atoms with Crippen molar-refractivity contribution in [3.05, 3.63) is 22.6 Å². The van der Waals surface area contributed by atoms with Gasteiger partial charge in [0, 0.05) is 12.6 Å². The van der Waals surface area contributed by atoms with E-state index in [1.165, 1.54) is 0 Å². The summed E-state index contributed by atoms with van der Waals surface area (Å²) in [6.07, 6.45) is 0. The first kappa shape index (κ1) is 15.5. The molecule has 0 aromatic carbocycles. The number of likely N-dealkylation sites (N-methyl/N-ethyl adjacent to an activating group) is 1. The SMILES string of the molecule is CCN[C@H](C)CNC(=O)c1ccc(Br)o1.Cl. The van der Waals surface area contributed by atoms with Gasteiger partial charge in [0.2, 0.25) is 0 Å². The standard InChI is InChI=1S/C10H15BrN2O2.ClH/c1-3-12-7(2)6-13-10(14)8-4-5-9(11)15-8;/h4-5,7,12H,3,6H2,1-2H3,(H,13,14);1H/t7-;/m1./s1. The molecule has 1 atom stereocenters. The highest BCUT2D eigenvalue weighted by Crippen LogP contribution is 2.13. The third-order valence-electron chi connectivity index (χ3n) is 1.92. The van der Waals surface area contributed by atoms with E-state index in [2.05, 4.69) is 26.6 Å². The summed E-state index contributed by atoms with van der Waals surface area (Å²) in [5.74, 6) is 0.135. The van der Waals surface area contributed by atoms with Crippen LogP contribution in [0.4, 0.5) is 0 Å². The smallest absolute Gasteiger partial charge is 0.287 e. The van der Waals surface area contributed by atoms with Gasteiger partial charge < -0.3 is 15.1 Å². The molecule has 0 aliphatic carbocycles. The Labute approximate surface area is 110 Å². The lowest BCUT2D eigenvalue weighted by Gasteiger charge is -2.12. The van der Waals surface area contributed by atoms with E-state index in [1.807, 2.05) is 13.8 Å². The Morgan fingerprint density at radius 2 is 2.25 bits per heavy atom. The predicted octanol–water partition coefficient (Wildman–Crippen LogP) is 2.19. The molecule has 0 radical (unpaired) electrons. The molecule has 1 heterocycles. The molecule has 1 rings (SSSR count). The zero-order valence-electron chi connectivity index (χ0n) is 9.25. The van der Waals surface area contributed by atoms with Crippen molar-refractivity contribution in [2.75, 3.05) is 13.1 Å². The summed E-state index contributed by atoms with van der Waals surface area (Å²) in [6.45, 7) is 5.53. The Bertz CT molecular complexity index is 330. The summed E-state index contributed by atoms with van der Waals surface area (Å²) in [5.41, 5.74) is 0. The van der Waals surface area contributed by atoms with Crippen LogP contribution in [0.25, 0.3) is 0 Å². The molecule has 0 fully saturated rings. The van der Waals surface area contributed by atoms with Crippen molar-refractivity contribution < 1.29 is 9.21 Å². The van der Waals surface area contributed by atoms with Crippen LogP contribution in [0, 0.1) is 0 Å². The van der Waals surface area contributed by atoms with E-state index in [0.717, 1.165) is 6.54 Å². The summed E-state index contributed by atoms with van der Waals surface area (Å²) in [6, 6.07) is 3.59. The lowest BCUT2D eigenvalue weighted by molar-refractivity contribution is 0.0921. The van der Waals surface area contributed by atoms with Crippen LogP contribution in [-0.2, 0) is 0 Å². The molecular formula is C10H16BrClN2O2. The maximum Gasteiger partial charge on any atom is 0.287 e. The Morgan fingerprint density at radius 1 is 1.56 bits per heavy atom. The maximum atomic E-state index is 11.5. The lowest BCUT2D eigenvalue weighted by Crippen LogP contribution is -2.38. The minimum atomic E-state index is -0.189. The van der Waals surface area contributed by atoms with Gasteiger partial charge in [-0.25, -0.2) is 0 Å². The number of nitrogens with one attached hydrogen (secondary N) is 2. The topological polar surface area (TPSA) is 54.3 Å². The van der Waals surface area contributed by atoms with Gasteiger partial charge in [-0.15, -0.1) is 12.4 Å². The second kappa shape index (κ2) is 7.70. The second-order valence-electron chi connectivity index (χ2n) is 3.27. The average Bonchev–Trinajstić information content (AvgIpc) is 2.62. The fourth-order valence-corrected chi connectivity index (χ4v) is 1.50. The molecule has 16 heavy (non-hydrogen) atoms. The molecule has 1 aromatic heterocycles. The first-order chi connectivity index (χ1) is 7.13. The number of amides is 1.